The predicted octanol–water partition coefficient (Wildman–Crippen LogP) is 5.14. The first-order chi connectivity index (χ1) is 18.4. The number of aromatic nitrogens is 2. The maximum Gasteiger partial charge on any atom is 0.257 e. The van der Waals surface area contributed by atoms with Gasteiger partial charge in [0, 0.05) is 55.8 Å². The molecule has 0 spiro atoms. The molecule has 1 fully saturated rings. The van der Waals surface area contributed by atoms with Crippen LogP contribution in [0.15, 0.2) is 54.7 Å². The van der Waals surface area contributed by atoms with Crippen LogP contribution in [0.2, 0.25) is 5.02 Å². The summed E-state index contributed by atoms with van der Waals surface area (Å²) < 4.78 is 8.02. The van der Waals surface area contributed by atoms with Crippen LogP contribution in [0.5, 0.6) is 5.75 Å². The van der Waals surface area contributed by atoms with Crippen LogP contribution in [0.4, 0.5) is 0 Å². The van der Waals surface area contributed by atoms with E-state index in [-0.39, 0.29) is 17.2 Å². The topological polar surface area (TPSA) is 67.7 Å². The Morgan fingerprint density at radius 3 is 2.50 bits per heavy atom. The largest absolute Gasteiger partial charge is 0.493 e. The van der Waals surface area contributed by atoms with Crippen molar-refractivity contribution < 1.29 is 14.3 Å². The van der Waals surface area contributed by atoms with Crippen LogP contribution in [0.3, 0.4) is 0 Å². The van der Waals surface area contributed by atoms with Crippen molar-refractivity contribution in [1.82, 2.24) is 19.6 Å². The van der Waals surface area contributed by atoms with Crippen LogP contribution in [-0.4, -0.2) is 57.6 Å². The first-order valence-electron chi connectivity index (χ1n) is 13.4. The zero-order valence-corrected chi connectivity index (χ0v) is 22.9. The minimum atomic E-state index is -0.365. The quantitative estimate of drug-likeness (QED) is 0.421. The van der Waals surface area contributed by atoms with Gasteiger partial charge in [0.1, 0.15) is 5.75 Å². The minimum absolute atomic E-state index is 0.00511. The molecule has 0 atom stereocenters. The van der Waals surface area contributed by atoms with Gasteiger partial charge < -0.3 is 14.5 Å². The number of carbonyl (C=O) groups is 2. The molecule has 8 heteroatoms. The van der Waals surface area contributed by atoms with Crippen molar-refractivity contribution in [3.8, 4) is 5.75 Å². The molecule has 0 saturated carbocycles. The molecule has 3 heterocycles. The number of ether oxygens (including phenoxy) is 1. The summed E-state index contributed by atoms with van der Waals surface area (Å²) in [4.78, 5) is 30.8. The Hall–Kier alpha value is -3.32. The van der Waals surface area contributed by atoms with Crippen molar-refractivity contribution in [1.29, 1.82) is 0 Å². The Kier molecular flexibility index (Phi) is 7.75. The van der Waals surface area contributed by atoms with Crippen molar-refractivity contribution in [2.45, 2.75) is 52.6 Å². The minimum Gasteiger partial charge on any atom is -0.493 e. The van der Waals surface area contributed by atoms with Gasteiger partial charge in [-0.1, -0.05) is 41.9 Å². The number of hydrogen-bond acceptors (Lipinski definition) is 4. The van der Waals surface area contributed by atoms with E-state index in [0.29, 0.717) is 61.8 Å². The summed E-state index contributed by atoms with van der Waals surface area (Å²) in [5.74, 6) is 0.844. The number of benzene rings is 2. The number of fused-ring (bicyclic) bond motifs is 1. The monoisotopic (exact) mass is 534 g/mol. The van der Waals surface area contributed by atoms with Gasteiger partial charge in [0.25, 0.3) is 5.91 Å². The van der Waals surface area contributed by atoms with Crippen molar-refractivity contribution in [2.24, 2.45) is 5.41 Å². The number of carbonyl (C=O) groups excluding carboxylic acids is 2. The van der Waals surface area contributed by atoms with Gasteiger partial charge in [0.05, 0.1) is 17.9 Å². The lowest BCUT2D eigenvalue weighted by Gasteiger charge is -2.42. The molecule has 38 heavy (non-hydrogen) atoms. The number of nitrogens with zero attached hydrogens (tertiary/aromatic N) is 4. The van der Waals surface area contributed by atoms with Crippen molar-refractivity contribution in [3.63, 3.8) is 0 Å². The smallest absolute Gasteiger partial charge is 0.257 e. The Morgan fingerprint density at radius 1 is 1.03 bits per heavy atom. The molecule has 1 saturated heterocycles. The van der Waals surface area contributed by atoms with Gasteiger partial charge in [0.2, 0.25) is 5.91 Å². The highest BCUT2D eigenvalue weighted by atomic mass is 35.5. The van der Waals surface area contributed by atoms with E-state index >= 15 is 0 Å². The third-order valence-corrected chi connectivity index (χ3v) is 8.20. The lowest BCUT2D eigenvalue weighted by Crippen LogP contribution is -2.48. The fourth-order valence-corrected chi connectivity index (χ4v) is 5.73. The number of rotatable bonds is 7. The van der Waals surface area contributed by atoms with Crippen LogP contribution in [0.1, 0.15) is 53.4 Å². The molecule has 0 unspecified atom stereocenters. The molecule has 0 N–H and O–H groups in total. The van der Waals surface area contributed by atoms with E-state index in [1.54, 1.807) is 10.7 Å². The number of piperidine rings is 1. The molecule has 2 amide bonds. The lowest BCUT2D eigenvalue weighted by molar-refractivity contribution is -0.136. The van der Waals surface area contributed by atoms with E-state index in [9.17, 15) is 9.59 Å². The highest BCUT2D eigenvalue weighted by molar-refractivity contribution is 6.30. The molecule has 200 valence electrons. The second-order valence-corrected chi connectivity index (χ2v) is 11.0. The first-order valence-corrected chi connectivity index (χ1v) is 13.8. The summed E-state index contributed by atoms with van der Waals surface area (Å²) in [7, 11) is 0. The van der Waals surface area contributed by atoms with Gasteiger partial charge in [-0.15, -0.1) is 0 Å². The van der Waals surface area contributed by atoms with Crippen LogP contribution >= 0.6 is 11.6 Å². The van der Waals surface area contributed by atoms with E-state index < -0.39 is 0 Å². The molecular formula is C30H35ClN4O3. The summed E-state index contributed by atoms with van der Waals surface area (Å²) in [6.07, 6.45) is 4.48. The highest BCUT2D eigenvalue weighted by Crippen LogP contribution is 2.38. The van der Waals surface area contributed by atoms with Gasteiger partial charge in [-0.2, -0.15) is 5.10 Å². The second kappa shape index (κ2) is 11.2. The number of amides is 2. The Labute approximate surface area is 229 Å². The van der Waals surface area contributed by atoms with Crippen molar-refractivity contribution >= 4 is 23.4 Å². The molecule has 1 aromatic heterocycles. The fraction of sp³-hybridized carbons (Fsp3) is 0.433. The molecule has 3 aromatic rings. The maximum atomic E-state index is 13.6. The zero-order valence-electron chi connectivity index (χ0n) is 22.2. The van der Waals surface area contributed by atoms with Crippen LogP contribution in [0, 0.1) is 12.3 Å². The normalized spacial score (nSPS) is 16.7. The van der Waals surface area contributed by atoms with Crippen LogP contribution in [-0.2, 0) is 24.3 Å². The molecule has 2 aromatic carbocycles. The zero-order chi connectivity index (χ0) is 26.7. The first kappa shape index (κ1) is 26.3. The summed E-state index contributed by atoms with van der Waals surface area (Å²) in [6.45, 7) is 7.53. The average Bonchev–Trinajstić information content (AvgIpc) is 3.32. The molecule has 0 bridgehead atoms. The molecule has 7 nitrogen and oxygen atoms in total. The molecule has 0 aliphatic carbocycles. The predicted molar refractivity (Wildman–Crippen MR) is 147 cm³/mol. The molecule has 2 aliphatic rings. The SMILES string of the molecule is CCn1cc(C(=O)N2CCC(COc3cccc(Cl)c3)(CC(=O)N3CCc4ccccc4C3)CC2)c(C)n1. The Balaban J connectivity index is 1.30. The Morgan fingerprint density at radius 2 is 1.79 bits per heavy atom. The van der Waals surface area contributed by atoms with Gasteiger partial charge in [-0.25, -0.2) is 0 Å². The Bertz CT molecular complexity index is 1310. The maximum absolute atomic E-state index is 13.6. The van der Waals surface area contributed by atoms with Gasteiger partial charge >= 0.3 is 0 Å². The standard InChI is InChI=1S/C30H35ClN4O3/c1-3-35-20-27(22(2)32-35)29(37)33-15-12-30(13-16-33,21-38-26-10-6-9-25(31)17-26)18-28(36)34-14-11-23-7-4-5-8-24(23)19-34/h4-10,17,20H,3,11-16,18-19,21H2,1-2H3. The number of halogens is 1. The fourth-order valence-electron chi connectivity index (χ4n) is 5.55. The number of aryl methyl sites for hydroxylation is 2. The van der Waals surface area contributed by atoms with E-state index in [1.165, 1.54) is 11.1 Å². The molecular weight excluding hydrogens is 500 g/mol. The second-order valence-electron chi connectivity index (χ2n) is 10.5. The summed E-state index contributed by atoms with van der Waals surface area (Å²) in [6, 6.07) is 15.7. The molecule has 5 rings (SSSR count). The average molecular weight is 535 g/mol. The van der Waals surface area contributed by atoms with E-state index in [0.717, 1.165) is 25.2 Å². The summed E-state index contributed by atoms with van der Waals surface area (Å²) in [5, 5.41) is 5.05. The molecule has 2 aliphatic heterocycles. The van der Waals surface area contributed by atoms with Crippen LogP contribution < -0.4 is 4.74 Å². The van der Waals surface area contributed by atoms with Crippen molar-refractivity contribution in [3.05, 3.63) is 82.1 Å². The highest BCUT2D eigenvalue weighted by Gasteiger charge is 2.40. The lowest BCUT2D eigenvalue weighted by atomic mass is 9.75. The summed E-state index contributed by atoms with van der Waals surface area (Å²) in [5.41, 5.74) is 3.58. The van der Waals surface area contributed by atoms with Gasteiger partial charge in [0.15, 0.2) is 0 Å². The summed E-state index contributed by atoms with van der Waals surface area (Å²) >= 11 is 6.17. The number of likely N-dealkylation sites (tertiary alicyclic amines) is 1. The van der Waals surface area contributed by atoms with E-state index in [1.807, 2.05) is 54.1 Å². The van der Waals surface area contributed by atoms with Gasteiger partial charge in [-0.3, -0.25) is 14.3 Å². The third kappa shape index (κ3) is 5.73. The van der Waals surface area contributed by atoms with E-state index in [4.69, 9.17) is 16.3 Å². The third-order valence-electron chi connectivity index (χ3n) is 7.96. The van der Waals surface area contributed by atoms with Crippen LogP contribution in [0.25, 0.3) is 0 Å². The van der Waals surface area contributed by atoms with Crippen molar-refractivity contribution in [2.75, 3.05) is 26.2 Å². The van der Waals surface area contributed by atoms with E-state index in [2.05, 4.69) is 23.3 Å². The van der Waals surface area contributed by atoms with Gasteiger partial charge in [-0.05, 0) is 62.4 Å². The molecule has 0 radical (unpaired) electrons. The number of hydrogen-bond donors (Lipinski definition) is 0.